The summed E-state index contributed by atoms with van der Waals surface area (Å²) in [5, 5.41) is 36.4. The van der Waals surface area contributed by atoms with Gasteiger partial charge in [-0.15, -0.1) is 0 Å². The van der Waals surface area contributed by atoms with E-state index in [1.807, 2.05) is 20.8 Å². The van der Waals surface area contributed by atoms with Crippen LogP contribution in [0.2, 0.25) is 0 Å². The first-order valence-electron chi connectivity index (χ1n) is 17.3. The monoisotopic (exact) mass is 909 g/mol. The van der Waals surface area contributed by atoms with Crippen LogP contribution in [0, 0.1) is 16.7 Å². The minimum atomic E-state index is -5.58. The van der Waals surface area contributed by atoms with Crippen LogP contribution in [0.25, 0.3) is 11.2 Å². The molecule has 4 unspecified atom stereocenters. The van der Waals surface area contributed by atoms with Gasteiger partial charge in [-0.3, -0.25) is 32.5 Å². The summed E-state index contributed by atoms with van der Waals surface area (Å²) in [5.74, 6) is -1.89. The Hall–Kier alpha value is -2.48. The van der Waals surface area contributed by atoms with E-state index in [0.29, 0.717) is 0 Å². The lowest BCUT2D eigenvalue weighted by Crippen LogP contribution is -2.46. The van der Waals surface area contributed by atoms with Gasteiger partial charge in [-0.25, -0.2) is 28.6 Å². The third-order valence-electron chi connectivity index (χ3n) is 8.48. The van der Waals surface area contributed by atoms with Crippen LogP contribution in [-0.4, -0.2) is 134 Å². The van der Waals surface area contributed by atoms with Gasteiger partial charge in [0.25, 0.3) is 0 Å². The van der Waals surface area contributed by atoms with Gasteiger partial charge in [0.15, 0.2) is 22.8 Å². The predicted octanol–water partition coefficient (Wildman–Crippen LogP) is -0.292. The Balaban J connectivity index is 1.48. The normalized spacial score (nSPS) is 22.8. The molecule has 2 amide bonds. The minimum absolute atomic E-state index is 0.0254. The van der Waals surface area contributed by atoms with Gasteiger partial charge in [-0.05, 0) is 5.41 Å². The number of thioether (sulfide) groups is 1. The fourth-order valence-corrected chi connectivity index (χ4v) is 8.92. The summed E-state index contributed by atoms with van der Waals surface area (Å²) in [6.45, 7) is 7.40. The number of carbonyl (C=O) groups is 3. The highest BCUT2D eigenvalue weighted by Crippen LogP contribution is 2.61. The minimum Gasteiger partial charge on any atom is -0.392 e. The SMILES string of the molecule is CC(C(=O)SCCNC(=O)CCNC(=O)[C@H](O)C(C)(C)COP(=O)(O)OP(=O)(O)OC[C@H]1O[C@@H](n2cnc3c(N)ncnc32)[C@H](O)[C@@H]1OP(=O)(O)O)C(O)C(C)(C)C. The number of hydrogen-bond acceptors (Lipinski definition) is 19. The number of rotatable bonds is 21. The second-order valence-corrected chi connectivity index (χ2v) is 20.2. The Kier molecular flexibility index (Phi) is 17.1. The van der Waals surface area contributed by atoms with Gasteiger partial charge in [0.1, 0.15) is 36.3 Å². The van der Waals surface area contributed by atoms with Crippen LogP contribution in [0.3, 0.4) is 0 Å². The van der Waals surface area contributed by atoms with Gasteiger partial charge in [0, 0.05) is 30.7 Å². The lowest BCUT2D eigenvalue weighted by Gasteiger charge is -2.30. The van der Waals surface area contributed by atoms with Crippen LogP contribution in [-0.2, 0) is 50.7 Å². The zero-order chi connectivity index (χ0) is 44.0. The molecule has 1 aliphatic rings. The molecule has 1 fully saturated rings. The van der Waals surface area contributed by atoms with Crippen molar-refractivity contribution in [3.8, 4) is 0 Å². The van der Waals surface area contributed by atoms with E-state index in [0.717, 1.165) is 29.0 Å². The number of nitrogens with zero attached hydrogens (tertiary/aromatic N) is 4. The summed E-state index contributed by atoms with van der Waals surface area (Å²) in [4.78, 5) is 88.1. The summed E-state index contributed by atoms with van der Waals surface area (Å²) in [7, 11) is -16.4. The molecule has 2 aromatic heterocycles. The number of phosphoric ester groups is 3. The van der Waals surface area contributed by atoms with E-state index in [9.17, 15) is 63.0 Å². The second kappa shape index (κ2) is 19.9. The van der Waals surface area contributed by atoms with Crippen molar-refractivity contribution in [2.45, 2.75) is 84.7 Å². The zero-order valence-corrected chi connectivity index (χ0v) is 35.7. The first-order valence-corrected chi connectivity index (χ1v) is 22.8. The Morgan fingerprint density at radius 3 is 2.26 bits per heavy atom. The van der Waals surface area contributed by atoms with E-state index in [4.69, 9.17) is 19.5 Å². The highest BCUT2D eigenvalue weighted by atomic mass is 32.2. The Bertz CT molecular complexity index is 1910. The molecule has 3 rings (SSSR count). The highest BCUT2D eigenvalue weighted by molar-refractivity contribution is 8.13. The lowest BCUT2D eigenvalue weighted by molar-refractivity contribution is -0.137. The second-order valence-electron chi connectivity index (χ2n) is 14.8. The van der Waals surface area contributed by atoms with Crippen molar-refractivity contribution in [3.63, 3.8) is 0 Å². The number of ether oxygens (including phenoxy) is 1. The Morgan fingerprint density at radius 2 is 1.64 bits per heavy atom. The molecule has 1 aliphatic heterocycles. The van der Waals surface area contributed by atoms with Crippen molar-refractivity contribution in [1.29, 1.82) is 0 Å². The zero-order valence-electron chi connectivity index (χ0n) is 32.2. The van der Waals surface area contributed by atoms with Gasteiger partial charge in [0.2, 0.25) is 11.8 Å². The number of aliphatic hydroxyl groups excluding tert-OH is 3. The van der Waals surface area contributed by atoms with Crippen molar-refractivity contribution < 1.29 is 85.6 Å². The van der Waals surface area contributed by atoms with Crippen LogP contribution in [0.5, 0.6) is 0 Å². The first kappa shape index (κ1) is 49.9. The quantitative estimate of drug-likeness (QED) is 0.0568. The van der Waals surface area contributed by atoms with Gasteiger partial charge >= 0.3 is 23.5 Å². The molecular weight excluding hydrogens is 859 g/mol. The number of hydrogen-bond donors (Lipinski definition) is 10. The van der Waals surface area contributed by atoms with Crippen molar-refractivity contribution in [1.82, 2.24) is 30.2 Å². The standard InChI is InChI=1S/C29H50N7O18P3S/c1-15(21(39)28(2,3)4)27(42)58-10-9-31-17(37)7-8-32-25(41)22(40)29(5,6)12-51-57(48,49)54-56(46,47)50-11-16-20(53-55(43,44)45)19(38)26(52-16)36-14-35-18-23(30)33-13-34-24(18)36/h13-16,19-22,26,38-40H,7-12H2,1-6H3,(H,31,37)(H,32,41)(H,46,47)(H,48,49)(H2,30,33,34)(H2,43,44,45)/t15?,16-,19-,20-,21?,22+,26-/m1/s1. The summed E-state index contributed by atoms with van der Waals surface area (Å²) >= 11 is 0.963. The Labute approximate surface area is 336 Å². The van der Waals surface area contributed by atoms with Gasteiger partial charge in [0.05, 0.1) is 31.6 Å². The third-order valence-corrected chi connectivity index (χ3v) is 12.6. The molecule has 0 aliphatic carbocycles. The number of phosphoric acid groups is 3. The number of imidazole rings is 1. The summed E-state index contributed by atoms with van der Waals surface area (Å²) in [6.07, 6.45) is -7.86. The van der Waals surface area contributed by atoms with E-state index < -0.39 is 102 Å². The van der Waals surface area contributed by atoms with Crippen molar-refractivity contribution in [2.24, 2.45) is 16.7 Å². The molecular formula is C29H50N7O18P3S. The average molecular weight is 910 g/mol. The maximum Gasteiger partial charge on any atom is 0.481 e. The maximum atomic E-state index is 12.7. The average Bonchev–Trinajstić information content (AvgIpc) is 3.66. The number of fused-ring (bicyclic) bond motifs is 1. The Morgan fingerprint density at radius 1 is 1.00 bits per heavy atom. The number of aliphatic hydroxyl groups is 3. The number of anilines is 1. The molecule has 2 aromatic rings. The van der Waals surface area contributed by atoms with Crippen molar-refractivity contribution >= 4 is 69.1 Å². The summed E-state index contributed by atoms with van der Waals surface area (Å²) in [5.41, 5.74) is 3.75. The van der Waals surface area contributed by atoms with E-state index in [2.05, 4.69) is 34.4 Å². The van der Waals surface area contributed by atoms with Gasteiger partial charge in [-0.2, -0.15) is 4.31 Å². The van der Waals surface area contributed by atoms with E-state index in [-0.39, 0.29) is 47.4 Å². The number of carbonyl (C=O) groups excluding carboxylic acids is 3. The van der Waals surface area contributed by atoms with Gasteiger partial charge < -0.3 is 56.0 Å². The molecule has 0 bridgehead atoms. The number of nitrogens with two attached hydrogens (primary N) is 1. The van der Waals surface area contributed by atoms with E-state index >= 15 is 0 Å². The van der Waals surface area contributed by atoms with E-state index in [1.54, 1.807) is 6.92 Å². The summed E-state index contributed by atoms with van der Waals surface area (Å²) < 4.78 is 62.1. The largest absolute Gasteiger partial charge is 0.481 e. The molecule has 0 saturated carbocycles. The predicted molar refractivity (Wildman–Crippen MR) is 202 cm³/mol. The van der Waals surface area contributed by atoms with Crippen LogP contribution < -0.4 is 16.4 Å². The molecule has 29 heteroatoms. The summed E-state index contributed by atoms with van der Waals surface area (Å²) in [6, 6.07) is 0. The van der Waals surface area contributed by atoms with Crippen molar-refractivity contribution in [2.75, 3.05) is 37.8 Å². The van der Waals surface area contributed by atoms with Crippen molar-refractivity contribution in [3.05, 3.63) is 12.7 Å². The number of nitrogen functional groups attached to an aromatic ring is 1. The lowest BCUT2D eigenvalue weighted by atomic mass is 9.82. The molecule has 3 heterocycles. The maximum absolute atomic E-state index is 12.7. The highest BCUT2D eigenvalue weighted by Gasteiger charge is 2.50. The molecule has 11 N–H and O–H groups in total. The van der Waals surface area contributed by atoms with E-state index in [1.165, 1.54) is 13.8 Å². The fourth-order valence-electron chi connectivity index (χ4n) is 5.29. The molecule has 0 aromatic carbocycles. The smallest absolute Gasteiger partial charge is 0.392 e. The molecule has 1 saturated heterocycles. The molecule has 0 spiro atoms. The number of nitrogens with one attached hydrogen (secondary N) is 2. The first-order chi connectivity index (χ1) is 26.5. The molecule has 330 valence electrons. The topological polar surface area (TPSA) is 384 Å². The molecule has 0 radical (unpaired) electrons. The van der Waals surface area contributed by atoms with Crippen LogP contribution >= 0.6 is 35.2 Å². The van der Waals surface area contributed by atoms with Crippen LogP contribution in [0.1, 0.15) is 54.2 Å². The van der Waals surface area contributed by atoms with Gasteiger partial charge in [-0.1, -0.05) is 53.3 Å². The fraction of sp³-hybridized carbons (Fsp3) is 0.724. The molecule has 25 nitrogen and oxygen atoms in total. The molecule has 9 atom stereocenters. The number of amides is 2. The third kappa shape index (κ3) is 14.3. The van der Waals surface area contributed by atoms with Crippen LogP contribution in [0.4, 0.5) is 5.82 Å². The number of aromatic nitrogens is 4. The van der Waals surface area contributed by atoms with Crippen LogP contribution in [0.15, 0.2) is 12.7 Å². The molecule has 58 heavy (non-hydrogen) atoms.